The van der Waals surface area contributed by atoms with Crippen molar-refractivity contribution in [2.24, 2.45) is 0 Å². The zero-order valence-electron chi connectivity index (χ0n) is 16.5. The maximum Gasteiger partial charge on any atom is 0.344 e. The highest BCUT2D eigenvalue weighted by molar-refractivity contribution is 5.84. The highest BCUT2D eigenvalue weighted by atomic mass is 16.5. The van der Waals surface area contributed by atoms with Gasteiger partial charge in [-0.2, -0.15) is 0 Å². The molecular weight excluding hydrogens is 380 g/mol. The van der Waals surface area contributed by atoms with Crippen molar-refractivity contribution < 1.29 is 19.4 Å². The second-order valence-electron chi connectivity index (χ2n) is 6.65. The fourth-order valence-electron chi connectivity index (χ4n) is 2.99. The molecule has 0 aromatic heterocycles. The van der Waals surface area contributed by atoms with E-state index in [9.17, 15) is 14.7 Å². The smallest absolute Gasteiger partial charge is 0.344 e. The molecule has 0 radical (unpaired) electrons. The Morgan fingerprint density at radius 1 is 0.833 bits per heavy atom. The molecule has 1 atom stereocenters. The molecular formula is C24H24N2O4. The van der Waals surface area contributed by atoms with Crippen LogP contribution in [0.1, 0.15) is 6.42 Å². The monoisotopic (exact) mass is 404 g/mol. The number of carboxylic acids is 1. The summed E-state index contributed by atoms with van der Waals surface area (Å²) in [7, 11) is 0. The Bertz CT molecular complexity index is 894. The summed E-state index contributed by atoms with van der Waals surface area (Å²) in [5.74, 6) is -0.787. The third-order valence-corrected chi connectivity index (χ3v) is 4.46. The number of hydrogen-bond acceptors (Lipinski definition) is 4. The summed E-state index contributed by atoms with van der Waals surface area (Å²) in [4.78, 5) is 26.0. The minimum absolute atomic E-state index is 0.116. The molecule has 0 heterocycles. The van der Waals surface area contributed by atoms with Gasteiger partial charge in [0.1, 0.15) is 12.3 Å². The van der Waals surface area contributed by atoms with Crippen molar-refractivity contribution >= 4 is 23.3 Å². The quantitative estimate of drug-likeness (QED) is 0.536. The standard InChI is InChI=1S/C24H24N2O4/c27-23(25-17-16-22(24(28)29)30-21-14-8-3-9-15-21)18-26(19-10-4-1-5-11-19)20-12-6-2-7-13-20/h1-15,22H,16-18H2,(H,25,27)(H,28,29). The lowest BCUT2D eigenvalue weighted by atomic mass is 10.2. The molecule has 0 aliphatic rings. The SMILES string of the molecule is O=C(CN(c1ccccc1)c1ccccc1)NCCC(Oc1ccccc1)C(=O)O. The Hall–Kier alpha value is -3.80. The van der Waals surface area contributed by atoms with Crippen LogP contribution in [0.3, 0.4) is 0 Å². The molecule has 0 aliphatic heterocycles. The fraction of sp³-hybridized carbons (Fsp3) is 0.167. The van der Waals surface area contributed by atoms with Crippen LogP contribution in [0.5, 0.6) is 5.75 Å². The molecule has 0 fully saturated rings. The Kier molecular flexibility index (Phi) is 7.44. The van der Waals surface area contributed by atoms with Gasteiger partial charge >= 0.3 is 5.97 Å². The number of benzene rings is 3. The molecule has 6 nitrogen and oxygen atoms in total. The molecule has 3 aromatic carbocycles. The van der Waals surface area contributed by atoms with Gasteiger partial charge in [-0.25, -0.2) is 4.79 Å². The molecule has 154 valence electrons. The van der Waals surface area contributed by atoms with Gasteiger partial charge < -0.3 is 20.1 Å². The van der Waals surface area contributed by atoms with Crippen molar-refractivity contribution in [3.05, 3.63) is 91.0 Å². The Balaban J connectivity index is 1.58. The van der Waals surface area contributed by atoms with Gasteiger partial charge in [-0.1, -0.05) is 54.6 Å². The van der Waals surface area contributed by atoms with Gasteiger partial charge in [-0.05, 0) is 36.4 Å². The molecule has 0 spiro atoms. The first kappa shape index (κ1) is 20.9. The van der Waals surface area contributed by atoms with Crippen LogP contribution in [0.4, 0.5) is 11.4 Å². The van der Waals surface area contributed by atoms with Crippen LogP contribution < -0.4 is 15.0 Å². The van der Waals surface area contributed by atoms with Gasteiger partial charge in [0.25, 0.3) is 0 Å². The summed E-state index contributed by atoms with van der Waals surface area (Å²) in [6.45, 7) is 0.311. The molecule has 0 saturated carbocycles. The van der Waals surface area contributed by atoms with Crippen LogP contribution in [0.2, 0.25) is 0 Å². The van der Waals surface area contributed by atoms with E-state index in [0.717, 1.165) is 11.4 Å². The minimum Gasteiger partial charge on any atom is -0.479 e. The normalized spacial score (nSPS) is 11.3. The molecule has 1 amide bonds. The van der Waals surface area contributed by atoms with Crippen LogP contribution in [0.25, 0.3) is 0 Å². The van der Waals surface area contributed by atoms with Crippen LogP contribution in [-0.2, 0) is 9.59 Å². The largest absolute Gasteiger partial charge is 0.479 e. The number of anilines is 2. The first-order valence-corrected chi connectivity index (χ1v) is 9.72. The van der Waals surface area contributed by atoms with E-state index in [-0.39, 0.29) is 25.4 Å². The number of aliphatic carboxylic acids is 1. The van der Waals surface area contributed by atoms with Crippen molar-refractivity contribution in [3.63, 3.8) is 0 Å². The first-order valence-electron chi connectivity index (χ1n) is 9.72. The minimum atomic E-state index is -1.07. The van der Waals surface area contributed by atoms with E-state index < -0.39 is 12.1 Å². The summed E-state index contributed by atoms with van der Waals surface area (Å²) >= 11 is 0. The number of amides is 1. The van der Waals surface area contributed by atoms with E-state index in [1.54, 1.807) is 24.3 Å². The molecule has 6 heteroatoms. The number of carbonyl (C=O) groups is 2. The summed E-state index contributed by atoms with van der Waals surface area (Å²) in [5, 5.41) is 12.2. The molecule has 1 unspecified atom stereocenters. The third kappa shape index (κ3) is 6.10. The van der Waals surface area contributed by atoms with Crippen LogP contribution in [0.15, 0.2) is 91.0 Å². The predicted octanol–water partition coefficient (Wildman–Crippen LogP) is 3.86. The lowest BCUT2D eigenvalue weighted by molar-refractivity contribution is -0.145. The Morgan fingerprint density at radius 3 is 1.83 bits per heavy atom. The number of para-hydroxylation sites is 3. The summed E-state index contributed by atoms with van der Waals surface area (Å²) < 4.78 is 5.52. The van der Waals surface area contributed by atoms with E-state index in [0.29, 0.717) is 5.75 Å². The number of rotatable bonds is 10. The van der Waals surface area contributed by atoms with E-state index in [4.69, 9.17) is 4.74 Å². The maximum absolute atomic E-state index is 12.6. The summed E-state index contributed by atoms with van der Waals surface area (Å²) in [6.07, 6.45) is -0.876. The Morgan fingerprint density at radius 2 is 1.33 bits per heavy atom. The molecule has 30 heavy (non-hydrogen) atoms. The van der Waals surface area contributed by atoms with Crippen molar-refractivity contribution in [3.8, 4) is 5.75 Å². The molecule has 0 aliphatic carbocycles. The second kappa shape index (κ2) is 10.7. The van der Waals surface area contributed by atoms with Gasteiger partial charge in [0, 0.05) is 24.3 Å². The molecule has 3 aromatic rings. The van der Waals surface area contributed by atoms with Crippen molar-refractivity contribution in [1.82, 2.24) is 5.32 Å². The number of ether oxygens (including phenoxy) is 1. The van der Waals surface area contributed by atoms with Gasteiger partial charge in [-0.3, -0.25) is 4.79 Å². The van der Waals surface area contributed by atoms with Gasteiger partial charge in [0.15, 0.2) is 6.10 Å². The average molecular weight is 404 g/mol. The van der Waals surface area contributed by atoms with Crippen molar-refractivity contribution in [1.29, 1.82) is 0 Å². The first-order chi connectivity index (χ1) is 14.6. The summed E-state index contributed by atoms with van der Waals surface area (Å²) in [6, 6.07) is 28.1. The average Bonchev–Trinajstić information content (AvgIpc) is 2.78. The molecule has 2 N–H and O–H groups in total. The van der Waals surface area contributed by atoms with Crippen molar-refractivity contribution in [2.45, 2.75) is 12.5 Å². The number of hydrogen-bond donors (Lipinski definition) is 2. The zero-order valence-corrected chi connectivity index (χ0v) is 16.5. The fourth-order valence-corrected chi connectivity index (χ4v) is 2.99. The van der Waals surface area contributed by atoms with E-state index >= 15 is 0 Å². The zero-order chi connectivity index (χ0) is 21.2. The maximum atomic E-state index is 12.6. The van der Waals surface area contributed by atoms with Crippen molar-refractivity contribution in [2.75, 3.05) is 18.0 Å². The van der Waals surface area contributed by atoms with Crippen LogP contribution in [-0.4, -0.2) is 36.2 Å². The predicted molar refractivity (Wildman–Crippen MR) is 116 cm³/mol. The number of nitrogens with zero attached hydrogens (tertiary/aromatic N) is 1. The van der Waals surface area contributed by atoms with E-state index in [1.165, 1.54) is 0 Å². The number of nitrogens with one attached hydrogen (secondary N) is 1. The lowest BCUT2D eigenvalue weighted by Gasteiger charge is -2.24. The number of carboxylic acid groups (broad SMARTS) is 1. The highest BCUT2D eigenvalue weighted by Gasteiger charge is 2.20. The lowest BCUT2D eigenvalue weighted by Crippen LogP contribution is -2.38. The topological polar surface area (TPSA) is 78.9 Å². The highest BCUT2D eigenvalue weighted by Crippen LogP contribution is 2.24. The molecule has 3 rings (SSSR count). The number of carbonyl (C=O) groups excluding carboxylic acids is 1. The Labute approximate surface area is 175 Å². The second-order valence-corrected chi connectivity index (χ2v) is 6.65. The molecule has 0 saturated heterocycles. The van der Waals surface area contributed by atoms with Gasteiger partial charge in [0.2, 0.25) is 5.91 Å². The van der Waals surface area contributed by atoms with E-state index in [1.807, 2.05) is 71.6 Å². The van der Waals surface area contributed by atoms with Gasteiger partial charge in [0.05, 0.1) is 0 Å². The third-order valence-electron chi connectivity index (χ3n) is 4.46. The summed E-state index contributed by atoms with van der Waals surface area (Å²) in [5.41, 5.74) is 1.80. The van der Waals surface area contributed by atoms with E-state index in [2.05, 4.69) is 5.32 Å². The van der Waals surface area contributed by atoms with Crippen LogP contribution in [0, 0.1) is 0 Å². The van der Waals surface area contributed by atoms with Crippen LogP contribution >= 0.6 is 0 Å². The van der Waals surface area contributed by atoms with Gasteiger partial charge in [-0.15, -0.1) is 0 Å². The molecule has 0 bridgehead atoms.